The molecule has 0 saturated carbocycles. The summed E-state index contributed by atoms with van der Waals surface area (Å²) in [6, 6.07) is 18.0. The summed E-state index contributed by atoms with van der Waals surface area (Å²) in [5.41, 5.74) is 19.8. The van der Waals surface area contributed by atoms with Gasteiger partial charge in [-0.15, -0.1) is 0 Å². The Morgan fingerprint density at radius 3 is 1.56 bits per heavy atom. The molecule has 0 amide bonds. The lowest BCUT2D eigenvalue weighted by molar-refractivity contribution is 0.767. The topological polar surface area (TPSA) is 57.4 Å². The van der Waals surface area contributed by atoms with Crippen LogP contribution in [0.4, 0.5) is 0 Å². The van der Waals surface area contributed by atoms with Crippen molar-refractivity contribution in [2.45, 2.75) is 112 Å². The lowest BCUT2D eigenvalue weighted by Gasteiger charge is -2.05. The van der Waals surface area contributed by atoms with E-state index in [-0.39, 0.29) is 0 Å². The van der Waals surface area contributed by atoms with Crippen molar-refractivity contribution in [2.75, 3.05) is 0 Å². The maximum atomic E-state index is 5.31. The summed E-state index contributed by atoms with van der Waals surface area (Å²) in [6.07, 6.45) is 12.2. The summed E-state index contributed by atoms with van der Waals surface area (Å²) in [7, 11) is 0. The van der Waals surface area contributed by atoms with Gasteiger partial charge in [0.25, 0.3) is 0 Å². The van der Waals surface area contributed by atoms with Crippen molar-refractivity contribution in [3.8, 4) is 22.5 Å². The summed E-state index contributed by atoms with van der Waals surface area (Å²) in [5, 5.41) is 0. The molecule has 4 heteroatoms. The Balaban J connectivity index is 1.77. The van der Waals surface area contributed by atoms with Gasteiger partial charge in [0.2, 0.25) is 0 Å². The zero-order valence-electron chi connectivity index (χ0n) is 28.3. The third-order valence-corrected chi connectivity index (χ3v) is 9.85. The van der Waals surface area contributed by atoms with E-state index in [4.69, 9.17) is 9.97 Å². The number of hydrogen-bond acceptors (Lipinski definition) is 2. The van der Waals surface area contributed by atoms with Crippen LogP contribution in [0.1, 0.15) is 120 Å². The highest BCUT2D eigenvalue weighted by Gasteiger charge is 2.21. The molecule has 45 heavy (non-hydrogen) atoms. The highest BCUT2D eigenvalue weighted by atomic mass is 14.8. The molecule has 2 aliphatic heterocycles. The van der Waals surface area contributed by atoms with E-state index < -0.39 is 0 Å². The average Bonchev–Trinajstić information content (AvgIpc) is 3.75. The molecule has 0 fully saturated rings. The number of H-pyrrole nitrogens is 2. The number of unbranched alkanes of at least 4 members (excludes halogenated alkanes) is 3. The maximum absolute atomic E-state index is 5.31. The zero-order chi connectivity index (χ0) is 31.5. The standard InChI is InChI=1S/C41H50N4/c1-7-12-17-29-26(6)34-22-38-32-20-15-16-21-33(32)41(44-38)25-40-31(19-14-9-3)30(18-13-8-2)39(45-40)24-36-28(11-5)27(10-4)35(43-36)23-37(29)42-34/h15-16,20-25,43,45H,7-14,17-19H2,1-6H3. The quantitative estimate of drug-likeness (QED) is 0.159. The molecule has 0 unspecified atom stereocenters. The molecule has 0 aliphatic carbocycles. The van der Waals surface area contributed by atoms with Crippen LogP contribution in [-0.2, 0) is 25.7 Å². The monoisotopic (exact) mass is 598 g/mol. The fourth-order valence-corrected chi connectivity index (χ4v) is 7.33. The fourth-order valence-electron chi connectivity index (χ4n) is 7.33. The third-order valence-electron chi connectivity index (χ3n) is 9.85. The van der Waals surface area contributed by atoms with E-state index in [0.717, 1.165) is 67.7 Å². The Hall–Kier alpha value is -3.92. The summed E-state index contributed by atoms with van der Waals surface area (Å²) in [4.78, 5) is 18.5. The largest absolute Gasteiger partial charge is 0.355 e. The first-order valence-electron chi connectivity index (χ1n) is 17.6. The van der Waals surface area contributed by atoms with Gasteiger partial charge in [-0.2, -0.15) is 0 Å². The second-order valence-electron chi connectivity index (χ2n) is 12.8. The first-order chi connectivity index (χ1) is 22.0. The van der Waals surface area contributed by atoms with Crippen LogP contribution in [0.5, 0.6) is 0 Å². The molecule has 234 valence electrons. The second-order valence-corrected chi connectivity index (χ2v) is 12.8. The highest BCUT2D eigenvalue weighted by Crippen LogP contribution is 2.39. The summed E-state index contributed by atoms with van der Waals surface area (Å²) in [6.45, 7) is 13.7. The summed E-state index contributed by atoms with van der Waals surface area (Å²) >= 11 is 0. The number of fused-ring (bicyclic) bond motifs is 11. The van der Waals surface area contributed by atoms with Gasteiger partial charge in [0, 0.05) is 33.2 Å². The van der Waals surface area contributed by atoms with Crippen LogP contribution in [0, 0.1) is 0 Å². The molecule has 0 spiro atoms. The van der Waals surface area contributed by atoms with Crippen molar-refractivity contribution in [1.29, 1.82) is 0 Å². The van der Waals surface area contributed by atoms with E-state index in [1.165, 1.54) is 92.3 Å². The van der Waals surface area contributed by atoms with Gasteiger partial charge in [-0.05, 0) is 116 Å². The number of benzene rings is 1. The van der Waals surface area contributed by atoms with E-state index in [1.54, 1.807) is 0 Å². The van der Waals surface area contributed by atoms with E-state index >= 15 is 0 Å². The van der Waals surface area contributed by atoms with E-state index in [1.807, 2.05) is 0 Å². The van der Waals surface area contributed by atoms with Crippen molar-refractivity contribution in [3.63, 3.8) is 0 Å². The summed E-state index contributed by atoms with van der Waals surface area (Å²) < 4.78 is 0. The maximum Gasteiger partial charge on any atom is 0.0737 e. The van der Waals surface area contributed by atoms with Crippen molar-refractivity contribution >= 4 is 33.2 Å². The number of nitrogens with zero attached hydrogens (tertiary/aromatic N) is 2. The number of allylic oxidation sites excluding steroid dienone is 2. The molecule has 2 N–H and O–H groups in total. The molecule has 0 radical (unpaired) electrons. The molecular weight excluding hydrogens is 548 g/mol. The molecule has 5 heterocycles. The minimum Gasteiger partial charge on any atom is -0.355 e. The molecule has 6 rings (SSSR count). The van der Waals surface area contributed by atoms with Crippen LogP contribution in [0.15, 0.2) is 48.5 Å². The molecule has 4 aromatic rings. The van der Waals surface area contributed by atoms with Gasteiger partial charge in [-0.25, -0.2) is 9.97 Å². The Labute approximate surface area is 269 Å². The van der Waals surface area contributed by atoms with Gasteiger partial charge in [-0.1, -0.05) is 78.1 Å². The summed E-state index contributed by atoms with van der Waals surface area (Å²) in [5.74, 6) is 0. The Morgan fingerprint density at radius 1 is 0.511 bits per heavy atom. The lowest BCUT2D eigenvalue weighted by atomic mass is 9.98. The van der Waals surface area contributed by atoms with Gasteiger partial charge < -0.3 is 9.97 Å². The average molecular weight is 599 g/mol. The van der Waals surface area contributed by atoms with Crippen molar-refractivity contribution in [3.05, 3.63) is 82.2 Å². The van der Waals surface area contributed by atoms with Gasteiger partial charge in [-0.3, -0.25) is 0 Å². The SMILES string of the molecule is CCCCC1=C(C)c2cc3nc(cc4[nH]c(cc5[nH]c(cc1n2)c(CC)c5CC)c(CCCC)c4CCCC)-c1ccccc1-3. The van der Waals surface area contributed by atoms with Crippen LogP contribution >= 0.6 is 0 Å². The smallest absolute Gasteiger partial charge is 0.0737 e. The predicted octanol–water partition coefficient (Wildman–Crippen LogP) is 11.6. The molecule has 2 aliphatic rings. The Kier molecular flexibility index (Phi) is 9.40. The molecule has 0 atom stereocenters. The van der Waals surface area contributed by atoms with Crippen molar-refractivity contribution in [1.82, 2.24) is 19.9 Å². The highest BCUT2D eigenvalue weighted by molar-refractivity contribution is 5.94. The van der Waals surface area contributed by atoms with Gasteiger partial charge in [0.05, 0.1) is 22.8 Å². The van der Waals surface area contributed by atoms with E-state index in [0.29, 0.717) is 0 Å². The predicted molar refractivity (Wildman–Crippen MR) is 193 cm³/mol. The molecular formula is C41H50N4. The minimum absolute atomic E-state index is 0.989. The Morgan fingerprint density at radius 2 is 0.978 bits per heavy atom. The van der Waals surface area contributed by atoms with Crippen molar-refractivity contribution in [2.24, 2.45) is 0 Å². The number of aromatic amines is 2. The normalized spacial score (nSPS) is 12.7. The molecule has 4 nitrogen and oxygen atoms in total. The molecule has 8 bridgehead atoms. The van der Waals surface area contributed by atoms with Gasteiger partial charge >= 0.3 is 0 Å². The van der Waals surface area contributed by atoms with Crippen LogP contribution in [0.2, 0.25) is 0 Å². The molecule has 1 aromatic carbocycles. The number of rotatable bonds is 11. The van der Waals surface area contributed by atoms with Crippen LogP contribution in [-0.4, -0.2) is 19.9 Å². The zero-order valence-corrected chi connectivity index (χ0v) is 28.3. The van der Waals surface area contributed by atoms with Crippen LogP contribution in [0.25, 0.3) is 55.7 Å². The van der Waals surface area contributed by atoms with Crippen molar-refractivity contribution < 1.29 is 0 Å². The first-order valence-corrected chi connectivity index (χ1v) is 17.6. The molecule has 0 saturated heterocycles. The van der Waals surface area contributed by atoms with Crippen LogP contribution < -0.4 is 0 Å². The lowest BCUT2D eigenvalue weighted by Crippen LogP contribution is -1.92. The number of aryl methyl sites for hydroxylation is 4. The number of nitrogens with one attached hydrogen (secondary N) is 2. The van der Waals surface area contributed by atoms with Gasteiger partial charge in [0.1, 0.15) is 0 Å². The van der Waals surface area contributed by atoms with Gasteiger partial charge in [0.15, 0.2) is 0 Å². The minimum atomic E-state index is 0.989. The van der Waals surface area contributed by atoms with E-state index in [2.05, 4.69) is 100 Å². The first kappa shape index (κ1) is 31.1. The second kappa shape index (κ2) is 13.6. The molecule has 3 aromatic heterocycles. The number of aromatic nitrogens is 4. The third kappa shape index (κ3) is 5.92. The number of hydrogen-bond donors (Lipinski definition) is 2. The van der Waals surface area contributed by atoms with Crippen LogP contribution in [0.3, 0.4) is 0 Å². The Bertz CT molecular complexity index is 1900. The van der Waals surface area contributed by atoms with E-state index in [9.17, 15) is 0 Å². The fraction of sp³-hybridized carbons (Fsp3) is 0.415.